The second-order valence-corrected chi connectivity index (χ2v) is 10.1. The number of imidazole rings is 1. The number of nitrogens with one attached hydrogen (secondary N) is 1. The third-order valence-electron chi connectivity index (χ3n) is 5.44. The van der Waals surface area contributed by atoms with Crippen molar-refractivity contribution in [3.8, 4) is 0 Å². The van der Waals surface area contributed by atoms with Gasteiger partial charge in [-0.25, -0.2) is 13.4 Å². The number of aryl methyl sites for hydroxylation is 1. The van der Waals surface area contributed by atoms with Gasteiger partial charge in [0.1, 0.15) is 0 Å². The highest BCUT2D eigenvalue weighted by atomic mass is 32.2. The third-order valence-corrected chi connectivity index (χ3v) is 7.51. The zero-order valence-electron chi connectivity index (χ0n) is 17.3. The third kappa shape index (κ3) is 4.70. The van der Waals surface area contributed by atoms with Crippen molar-refractivity contribution in [2.45, 2.75) is 63.2 Å². The number of sulfone groups is 1. The number of aromatic nitrogens is 2. The maximum atomic E-state index is 12.9. The number of rotatable bonds is 8. The van der Waals surface area contributed by atoms with E-state index in [1.165, 1.54) is 0 Å². The highest BCUT2D eigenvalue weighted by molar-refractivity contribution is 7.91. The van der Waals surface area contributed by atoms with E-state index in [-0.39, 0.29) is 17.1 Å². The lowest BCUT2D eigenvalue weighted by Crippen LogP contribution is -2.54. The average Bonchev–Trinajstić information content (AvgIpc) is 3.10. The average molecular weight is 419 g/mol. The van der Waals surface area contributed by atoms with Crippen LogP contribution in [0.3, 0.4) is 0 Å². The number of benzene rings is 1. The summed E-state index contributed by atoms with van der Waals surface area (Å²) in [6.45, 7) is 7.70. The molecule has 7 nitrogen and oxygen atoms in total. The second kappa shape index (κ2) is 9.09. The minimum absolute atomic E-state index is 0.0316. The van der Waals surface area contributed by atoms with Crippen LogP contribution in [0.15, 0.2) is 41.7 Å². The van der Waals surface area contributed by atoms with E-state index in [1.54, 1.807) is 20.0 Å². The van der Waals surface area contributed by atoms with Crippen LogP contribution in [0.4, 0.5) is 0 Å². The van der Waals surface area contributed by atoms with Crippen LogP contribution in [0.25, 0.3) is 0 Å². The highest BCUT2D eigenvalue weighted by Gasteiger charge is 2.31. The number of carbonyl (C=O) groups is 1. The van der Waals surface area contributed by atoms with Crippen LogP contribution in [-0.2, 0) is 34.1 Å². The maximum Gasteiger partial charge on any atom is 0.237 e. The summed E-state index contributed by atoms with van der Waals surface area (Å²) in [7, 11) is -3.51. The number of carbonyl (C=O) groups excluding carboxylic acids is 1. The SMILES string of the molecule is CCC1C(=O)NCCN1Cc1cnc(S(=O)(=O)C(C)C)n1CCc1ccccc1. The first-order chi connectivity index (χ1) is 13.8. The summed E-state index contributed by atoms with van der Waals surface area (Å²) in [6.07, 6.45) is 3.07. The predicted octanol–water partition coefficient (Wildman–Crippen LogP) is 2.02. The highest BCUT2D eigenvalue weighted by Crippen LogP contribution is 2.21. The first kappa shape index (κ1) is 21.5. The molecule has 1 aromatic heterocycles. The van der Waals surface area contributed by atoms with Gasteiger partial charge in [0, 0.05) is 26.2 Å². The van der Waals surface area contributed by atoms with Gasteiger partial charge in [-0.05, 0) is 32.3 Å². The molecular weight excluding hydrogens is 388 g/mol. The van der Waals surface area contributed by atoms with Gasteiger partial charge < -0.3 is 9.88 Å². The lowest BCUT2D eigenvalue weighted by Gasteiger charge is -2.34. The Morgan fingerprint density at radius 3 is 2.62 bits per heavy atom. The van der Waals surface area contributed by atoms with Crippen molar-refractivity contribution in [3.63, 3.8) is 0 Å². The molecule has 1 unspecified atom stereocenters. The fourth-order valence-electron chi connectivity index (χ4n) is 3.68. The summed E-state index contributed by atoms with van der Waals surface area (Å²) in [5.74, 6) is 0.0316. The molecule has 3 rings (SSSR count). The van der Waals surface area contributed by atoms with Crippen LogP contribution in [-0.4, -0.2) is 53.2 Å². The van der Waals surface area contributed by atoms with Crippen molar-refractivity contribution < 1.29 is 13.2 Å². The minimum atomic E-state index is -3.51. The number of nitrogens with zero attached hydrogens (tertiary/aromatic N) is 3. The summed E-state index contributed by atoms with van der Waals surface area (Å²) in [4.78, 5) is 18.6. The molecule has 0 aliphatic carbocycles. The fraction of sp³-hybridized carbons (Fsp3) is 0.524. The Morgan fingerprint density at radius 1 is 1.24 bits per heavy atom. The summed E-state index contributed by atoms with van der Waals surface area (Å²) in [5, 5.41) is 2.48. The standard InChI is InChI=1S/C21H30N4O3S/c1-4-19-20(26)22-11-13-24(19)15-18-14-23-21(29(27,28)16(2)3)25(18)12-10-17-8-6-5-7-9-17/h5-9,14,16,19H,4,10-13,15H2,1-3H3,(H,22,26). The van der Waals surface area contributed by atoms with Gasteiger partial charge >= 0.3 is 0 Å². The van der Waals surface area contributed by atoms with E-state index in [4.69, 9.17) is 0 Å². The molecule has 158 valence electrons. The monoisotopic (exact) mass is 418 g/mol. The van der Waals surface area contributed by atoms with Crippen molar-refractivity contribution in [2.24, 2.45) is 0 Å². The molecule has 29 heavy (non-hydrogen) atoms. The molecule has 8 heteroatoms. The first-order valence-corrected chi connectivity index (χ1v) is 11.7. The minimum Gasteiger partial charge on any atom is -0.353 e. The molecule has 1 aliphatic rings. The van der Waals surface area contributed by atoms with Crippen molar-refractivity contribution in [3.05, 3.63) is 47.8 Å². The van der Waals surface area contributed by atoms with Crippen LogP contribution >= 0.6 is 0 Å². The van der Waals surface area contributed by atoms with Crippen LogP contribution in [0, 0.1) is 0 Å². The van der Waals surface area contributed by atoms with Crippen LogP contribution in [0.5, 0.6) is 0 Å². The van der Waals surface area contributed by atoms with Crippen molar-refractivity contribution in [1.82, 2.24) is 19.8 Å². The second-order valence-electron chi connectivity index (χ2n) is 7.70. The van der Waals surface area contributed by atoms with E-state index < -0.39 is 15.1 Å². The topological polar surface area (TPSA) is 84.3 Å². The van der Waals surface area contributed by atoms with Crippen LogP contribution in [0.2, 0.25) is 0 Å². The van der Waals surface area contributed by atoms with Gasteiger partial charge in [-0.2, -0.15) is 0 Å². The summed E-state index contributed by atoms with van der Waals surface area (Å²) >= 11 is 0. The number of hydrogen-bond acceptors (Lipinski definition) is 5. The van der Waals surface area contributed by atoms with Gasteiger partial charge in [-0.3, -0.25) is 9.69 Å². The van der Waals surface area contributed by atoms with Gasteiger partial charge in [0.25, 0.3) is 0 Å². The Balaban J connectivity index is 1.91. The van der Waals surface area contributed by atoms with Gasteiger partial charge in [0.2, 0.25) is 20.9 Å². The smallest absolute Gasteiger partial charge is 0.237 e. The molecular formula is C21H30N4O3S. The Hall–Kier alpha value is -2.19. The van der Waals surface area contributed by atoms with Gasteiger partial charge in [0.05, 0.1) is 23.2 Å². The molecule has 0 saturated carbocycles. The largest absolute Gasteiger partial charge is 0.353 e. The Morgan fingerprint density at radius 2 is 1.97 bits per heavy atom. The van der Waals surface area contributed by atoms with E-state index in [9.17, 15) is 13.2 Å². The normalized spacial score (nSPS) is 18.2. The quantitative estimate of drug-likeness (QED) is 0.709. The molecule has 2 aromatic rings. The molecule has 0 bridgehead atoms. The number of hydrogen-bond donors (Lipinski definition) is 1. The Kier molecular flexibility index (Phi) is 6.74. The van der Waals surface area contributed by atoms with Crippen molar-refractivity contribution >= 4 is 15.7 Å². The summed E-state index contributed by atoms with van der Waals surface area (Å²) in [5.41, 5.74) is 1.97. The number of piperazine rings is 1. The molecule has 0 spiro atoms. The molecule has 1 fully saturated rings. The van der Waals surface area contributed by atoms with Crippen molar-refractivity contribution in [1.29, 1.82) is 0 Å². The Labute approximate surface area is 173 Å². The molecule has 1 aromatic carbocycles. The lowest BCUT2D eigenvalue weighted by atomic mass is 10.1. The molecule has 1 amide bonds. The van der Waals surface area contributed by atoms with E-state index >= 15 is 0 Å². The molecule has 0 radical (unpaired) electrons. The molecule has 1 N–H and O–H groups in total. The Bertz CT molecular complexity index is 938. The van der Waals surface area contributed by atoms with Crippen LogP contribution in [0.1, 0.15) is 38.4 Å². The molecule has 1 atom stereocenters. The molecule has 2 heterocycles. The zero-order chi connectivity index (χ0) is 21.0. The van der Waals surface area contributed by atoms with E-state index in [0.29, 0.717) is 32.5 Å². The first-order valence-electron chi connectivity index (χ1n) is 10.2. The summed E-state index contributed by atoms with van der Waals surface area (Å²) in [6, 6.07) is 9.80. The molecule has 1 saturated heterocycles. The van der Waals surface area contributed by atoms with Gasteiger partial charge in [-0.1, -0.05) is 37.3 Å². The lowest BCUT2D eigenvalue weighted by molar-refractivity contribution is -0.129. The van der Waals surface area contributed by atoms with Gasteiger partial charge in [0.15, 0.2) is 0 Å². The predicted molar refractivity (Wildman–Crippen MR) is 112 cm³/mol. The van der Waals surface area contributed by atoms with E-state index in [1.807, 2.05) is 41.8 Å². The fourth-order valence-corrected chi connectivity index (χ4v) is 4.82. The number of amides is 1. The zero-order valence-corrected chi connectivity index (χ0v) is 18.2. The van der Waals surface area contributed by atoms with Crippen LogP contribution < -0.4 is 5.32 Å². The molecule has 1 aliphatic heterocycles. The van der Waals surface area contributed by atoms with Gasteiger partial charge in [-0.15, -0.1) is 0 Å². The summed E-state index contributed by atoms with van der Waals surface area (Å²) < 4.78 is 27.6. The van der Waals surface area contributed by atoms with E-state index in [2.05, 4.69) is 15.2 Å². The maximum absolute atomic E-state index is 12.9. The van der Waals surface area contributed by atoms with Crippen molar-refractivity contribution in [2.75, 3.05) is 13.1 Å². The van der Waals surface area contributed by atoms with E-state index in [0.717, 1.165) is 17.8 Å².